The van der Waals surface area contributed by atoms with Gasteiger partial charge >= 0.3 is 5.69 Å². The first-order chi connectivity index (χ1) is 16.9. The minimum Gasteiger partial charge on any atom is -0.504 e. The van der Waals surface area contributed by atoms with Crippen molar-refractivity contribution in [3.63, 3.8) is 0 Å². The second-order valence-corrected chi connectivity index (χ2v) is 7.87. The summed E-state index contributed by atoms with van der Waals surface area (Å²) in [5.74, 6) is -0.837. The lowest BCUT2D eigenvalue weighted by atomic mass is 10.1. The highest BCUT2D eigenvalue weighted by Gasteiger charge is 2.18. The van der Waals surface area contributed by atoms with Crippen LogP contribution in [0.4, 0.5) is 5.69 Å². The van der Waals surface area contributed by atoms with Crippen LogP contribution < -0.4 is 20.7 Å². The van der Waals surface area contributed by atoms with E-state index in [4.69, 9.17) is 4.74 Å². The Bertz CT molecular complexity index is 1130. The number of hydrogen-bond donors (Lipinski definition) is 4. The molecule has 0 atom stereocenters. The predicted molar refractivity (Wildman–Crippen MR) is 132 cm³/mol. The van der Waals surface area contributed by atoms with E-state index < -0.39 is 4.92 Å². The first kappa shape index (κ1) is 25.4. The van der Waals surface area contributed by atoms with Crippen LogP contribution in [0.5, 0.6) is 17.2 Å². The Kier molecular flexibility index (Phi) is 9.38. The summed E-state index contributed by atoms with van der Waals surface area (Å²) in [5, 5.41) is 30.7. The van der Waals surface area contributed by atoms with E-state index in [1.807, 2.05) is 0 Å². The van der Waals surface area contributed by atoms with Gasteiger partial charge in [0.1, 0.15) is 0 Å². The fourth-order valence-electron chi connectivity index (χ4n) is 3.30. The summed E-state index contributed by atoms with van der Waals surface area (Å²) in [6.45, 7) is 2.59. The maximum absolute atomic E-state index is 12.1. The molecule has 10 nitrogen and oxygen atoms in total. The smallest absolute Gasteiger partial charge is 0.312 e. The number of phenolic OH excluding ortho intramolecular Hbond substituents is 1. The Morgan fingerprint density at radius 3 is 2.09 bits per heavy atom. The highest BCUT2D eigenvalue weighted by atomic mass is 16.6. The lowest BCUT2D eigenvalue weighted by molar-refractivity contribution is -0.385. The molecule has 0 radical (unpaired) electrons. The number of rotatable bonds is 1. The number of fused-ring (bicyclic) bond motifs is 15. The van der Waals surface area contributed by atoms with E-state index in [9.17, 15) is 24.8 Å². The van der Waals surface area contributed by atoms with Gasteiger partial charge in [-0.15, -0.1) is 0 Å². The number of carbonyl (C=O) groups is 2. The molecule has 2 amide bonds. The number of phenols is 1. The van der Waals surface area contributed by atoms with Gasteiger partial charge in [-0.2, -0.15) is 0 Å². The number of benzene rings is 2. The molecule has 0 fully saturated rings. The molecule has 2 aromatic carbocycles. The fourth-order valence-corrected chi connectivity index (χ4v) is 3.30. The van der Waals surface area contributed by atoms with Crippen molar-refractivity contribution >= 4 is 29.7 Å². The average molecular weight is 481 g/mol. The van der Waals surface area contributed by atoms with Crippen molar-refractivity contribution < 1.29 is 24.4 Å². The summed E-state index contributed by atoms with van der Waals surface area (Å²) >= 11 is 0. The molecular weight excluding hydrogens is 452 g/mol. The molecular formula is C25H28N4O6. The van der Waals surface area contributed by atoms with Crippen LogP contribution in [0.1, 0.15) is 30.4 Å². The highest BCUT2D eigenvalue weighted by molar-refractivity contribution is 5.92. The minimum atomic E-state index is -0.602. The van der Waals surface area contributed by atoms with Gasteiger partial charge in [0.2, 0.25) is 17.6 Å². The number of nitrogens with one attached hydrogen (secondary N) is 3. The third-order valence-electron chi connectivity index (χ3n) is 5.15. The molecule has 0 unspecified atom stereocenters. The second-order valence-electron chi connectivity index (χ2n) is 7.87. The Balaban J connectivity index is 1.85. The van der Waals surface area contributed by atoms with Gasteiger partial charge in [0.05, 0.1) is 4.92 Å². The van der Waals surface area contributed by atoms with E-state index in [1.54, 1.807) is 18.2 Å². The van der Waals surface area contributed by atoms with Crippen LogP contribution >= 0.6 is 0 Å². The van der Waals surface area contributed by atoms with Crippen molar-refractivity contribution in [2.45, 2.75) is 19.3 Å². The van der Waals surface area contributed by atoms with Crippen LogP contribution in [0.15, 0.2) is 48.6 Å². The molecule has 0 aromatic heterocycles. The molecule has 2 aliphatic heterocycles. The lowest BCUT2D eigenvalue weighted by Gasteiger charge is -2.10. The summed E-state index contributed by atoms with van der Waals surface area (Å²) < 4.78 is 5.65. The minimum absolute atomic E-state index is 0.000264. The highest BCUT2D eigenvalue weighted by Crippen LogP contribution is 2.37. The summed E-state index contributed by atoms with van der Waals surface area (Å²) in [6, 6.07) is 8.70. The van der Waals surface area contributed by atoms with Gasteiger partial charge in [0, 0.05) is 31.3 Å². The Morgan fingerprint density at radius 2 is 1.37 bits per heavy atom. The molecule has 184 valence electrons. The average Bonchev–Trinajstić information content (AvgIpc) is 2.84. The Morgan fingerprint density at radius 1 is 0.771 bits per heavy atom. The maximum atomic E-state index is 12.1. The number of nitro benzene ring substituents is 1. The van der Waals surface area contributed by atoms with Gasteiger partial charge in [-0.1, -0.05) is 12.1 Å². The zero-order valence-electron chi connectivity index (χ0n) is 19.2. The number of nitrogens with zero attached hydrogens (tertiary/aromatic N) is 1. The zero-order valence-corrected chi connectivity index (χ0v) is 19.2. The van der Waals surface area contributed by atoms with Crippen molar-refractivity contribution in [1.29, 1.82) is 0 Å². The van der Waals surface area contributed by atoms with Crippen molar-refractivity contribution in [3.8, 4) is 17.2 Å². The molecule has 4 rings (SSSR count). The quantitative estimate of drug-likeness (QED) is 0.363. The van der Waals surface area contributed by atoms with Crippen molar-refractivity contribution in [1.82, 2.24) is 16.0 Å². The maximum Gasteiger partial charge on any atom is 0.312 e. The molecule has 2 aliphatic rings. The van der Waals surface area contributed by atoms with Crippen LogP contribution in [-0.2, 0) is 9.59 Å². The van der Waals surface area contributed by atoms with E-state index in [0.717, 1.165) is 32.4 Å². The number of hydrogen-bond acceptors (Lipinski definition) is 7. The lowest BCUT2D eigenvalue weighted by Crippen LogP contribution is -2.27. The van der Waals surface area contributed by atoms with Crippen LogP contribution in [0.2, 0.25) is 0 Å². The molecule has 2 aromatic rings. The number of amides is 2. The Labute approximate surface area is 202 Å². The van der Waals surface area contributed by atoms with E-state index in [0.29, 0.717) is 24.2 Å². The van der Waals surface area contributed by atoms with Gasteiger partial charge in [-0.05, 0) is 73.8 Å². The molecule has 0 spiro atoms. The van der Waals surface area contributed by atoms with E-state index in [2.05, 4.69) is 16.0 Å². The second kappa shape index (κ2) is 12.9. The normalized spacial score (nSPS) is 16.9. The van der Waals surface area contributed by atoms with E-state index >= 15 is 0 Å². The molecule has 10 heteroatoms. The monoisotopic (exact) mass is 480 g/mol. The predicted octanol–water partition coefficient (Wildman–Crippen LogP) is 3.13. The van der Waals surface area contributed by atoms with Crippen LogP contribution in [0.25, 0.3) is 12.2 Å². The number of aromatic hydroxyl groups is 1. The largest absolute Gasteiger partial charge is 0.504 e. The summed E-state index contributed by atoms with van der Waals surface area (Å²) in [7, 11) is 0. The van der Waals surface area contributed by atoms with E-state index in [1.165, 1.54) is 42.5 Å². The standard InChI is InChI=1S/C25H28N4O6/c30-21-8-4-19-7-11-24(31)27-14-2-1-12-26-13-3-15-28-25(32)10-6-18-5-9-22(35-23(21)17-19)20(16-18)29(33)34/h4-11,16-17,26,30H,1-3,12-15H2,(H,27,31)(H,28,32)/b10-6?,11-7-. The molecule has 4 bridgehead atoms. The van der Waals surface area contributed by atoms with Gasteiger partial charge in [0.25, 0.3) is 0 Å². The fraction of sp³-hybridized carbons (Fsp3) is 0.280. The number of ether oxygens (including phenoxy) is 1. The van der Waals surface area contributed by atoms with Crippen molar-refractivity contribution in [2.75, 3.05) is 26.2 Å². The molecule has 4 N–H and O–H groups in total. The third kappa shape index (κ3) is 8.27. The summed E-state index contributed by atoms with van der Waals surface area (Å²) in [6.07, 6.45) is 8.23. The number of nitro groups is 1. The Hall–Kier alpha value is -4.18. The van der Waals surface area contributed by atoms with Crippen molar-refractivity contribution in [3.05, 3.63) is 69.8 Å². The van der Waals surface area contributed by atoms with Crippen LogP contribution in [-0.4, -0.2) is 48.0 Å². The van der Waals surface area contributed by atoms with E-state index in [-0.39, 0.29) is 34.8 Å². The molecule has 0 saturated carbocycles. The SMILES string of the molecule is O=C1C=Cc2ccc(c([N+](=O)[O-])c2)Oc2cc(ccc2O)/C=C\C(=O)NCCCCNCCCN1. The molecule has 2 heterocycles. The molecule has 0 aliphatic carbocycles. The topological polar surface area (TPSA) is 143 Å². The number of carbonyl (C=O) groups excluding carboxylic acids is 2. The molecule has 0 saturated heterocycles. The van der Waals surface area contributed by atoms with Gasteiger partial charge < -0.3 is 25.8 Å². The first-order valence-corrected chi connectivity index (χ1v) is 11.3. The summed E-state index contributed by atoms with van der Waals surface area (Å²) in [4.78, 5) is 35.1. The van der Waals surface area contributed by atoms with Crippen LogP contribution in [0, 0.1) is 10.1 Å². The van der Waals surface area contributed by atoms with Gasteiger partial charge in [-0.3, -0.25) is 19.7 Å². The zero-order chi connectivity index (χ0) is 25.0. The third-order valence-corrected chi connectivity index (χ3v) is 5.15. The van der Waals surface area contributed by atoms with Gasteiger partial charge in [0.15, 0.2) is 11.5 Å². The van der Waals surface area contributed by atoms with Gasteiger partial charge in [-0.25, -0.2) is 0 Å². The molecule has 35 heavy (non-hydrogen) atoms. The summed E-state index contributed by atoms with van der Waals surface area (Å²) in [5.41, 5.74) is 0.690. The van der Waals surface area contributed by atoms with Crippen LogP contribution in [0.3, 0.4) is 0 Å². The van der Waals surface area contributed by atoms with Crippen molar-refractivity contribution in [2.24, 2.45) is 0 Å². The first-order valence-electron chi connectivity index (χ1n) is 11.3.